The van der Waals surface area contributed by atoms with Crippen molar-refractivity contribution in [2.75, 3.05) is 0 Å². The number of para-hydroxylation sites is 1. The maximum atomic E-state index is 12.7. The largest absolute Gasteiger partial charge is 0.488 e. The fourth-order valence-electron chi connectivity index (χ4n) is 3.26. The smallest absolute Gasteiger partial charge is 0.262 e. The number of amides is 2. The van der Waals surface area contributed by atoms with E-state index in [0.29, 0.717) is 17.9 Å². The molecule has 0 aliphatic heterocycles. The Hall–Kier alpha value is -3.93. The van der Waals surface area contributed by atoms with Crippen molar-refractivity contribution >= 4 is 18.0 Å². The summed E-state index contributed by atoms with van der Waals surface area (Å²) in [4.78, 5) is 25.3. The van der Waals surface area contributed by atoms with Gasteiger partial charge in [-0.3, -0.25) is 9.59 Å². The van der Waals surface area contributed by atoms with E-state index in [1.807, 2.05) is 88.4 Å². The third-order valence-corrected chi connectivity index (χ3v) is 5.36. The summed E-state index contributed by atoms with van der Waals surface area (Å²) in [7, 11) is 0. The Balaban J connectivity index is 1.61. The molecule has 0 aliphatic rings. The fourth-order valence-corrected chi connectivity index (χ4v) is 3.26. The first-order valence-electron chi connectivity index (χ1n) is 11.3. The van der Waals surface area contributed by atoms with Crippen LogP contribution in [0.2, 0.25) is 0 Å². The van der Waals surface area contributed by atoms with Crippen molar-refractivity contribution in [3.8, 4) is 5.75 Å². The molecule has 1 atom stereocenters. The van der Waals surface area contributed by atoms with Crippen LogP contribution in [-0.2, 0) is 11.4 Å². The molecule has 0 fully saturated rings. The predicted molar refractivity (Wildman–Crippen MR) is 135 cm³/mol. The van der Waals surface area contributed by atoms with Gasteiger partial charge in [-0.25, -0.2) is 5.43 Å². The van der Waals surface area contributed by atoms with Gasteiger partial charge >= 0.3 is 0 Å². The molecular formula is C28H31N3O3. The van der Waals surface area contributed by atoms with Crippen molar-refractivity contribution in [2.24, 2.45) is 11.0 Å². The van der Waals surface area contributed by atoms with Gasteiger partial charge in [0.1, 0.15) is 18.4 Å². The van der Waals surface area contributed by atoms with E-state index in [9.17, 15) is 9.59 Å². The molecule has 6 heteroatoms. The molecule has 3 aromatic carbocycles. The van der Waals surface area contributed by atoms with Gasteiger partial charge in [-0.15, -0.1) is 0 Å². The van der Waals surface area contributed by atoms with Gasteiger partial charge in [0, 0.05) is 11.1 Å². The number of rotatable bonds is 9. The summed E-state index contributed by atoms with van der Waals surface area (Å²) in [5.41, 5.74) is 7.11. The average molecular weight is 458 g/mol. The first-order valence-corrected chi connectivity index (χ1v) is 11.3. The minimum absolute atomic E-state index is 0.116. The van der Waals surface area contributed by atoms with Gasteiger partial charge in [-0.1, -0.05) is 73.5 Å². The van der Waals surface area contributed by atoms with Gasteiger partial charge in [0.25, 0.3) is 11.8 Å². The SMILES string of the molecule is Cc1ccc(COc2ccccc2/C=N/NC(=O)[C@@H](NC(=O)c2ccc(C)cc2)C(C)C)cc1. The Morgan fingerprint density at radius 1 is 0.912 bits per heavy atom. The van der Waals surface area contributed by atoms with Gasteiger partial charge < -0.3 is 10.1 Å². The second-order valence-electron chi connectivity index (χ2n) is 8.61. The summed E-state index contributed by atoms with van der Waals surface area (Å²) < 4.78 is 5.96. The summed E-state index contributed by atoms with van der Waals surface area (Å²) >= 11 is 0. The first kappa shape index (κ1) is 24.7. The molecule has 0 spiro atoms. The molecule has 0 saturated carbocycles. The van der Waals surface area contributed by atoms with Gasteiger partial charge in [0.15, 0.2) is 0 Å². The second-order valence-corrected chi connectivity index (χ2v) is 8.61. The standard InChI is InChI=1S/C28H31N3O3/c1-19(2)26(30-27(32)23-15-11-21(4)12-16-23)28(33)31-29-17-24-7-5-6-8-25(24)34-18-22-13-9-20(3)10-14-22/h5-17,19,26H,18H2,1-4H3,(H,30,32)(H,31,33)/b29-17+/t26-/m0/s1. The molecule has 3 aromatic rings. The maximum Gasteiger partial charge on any atom is 0.262 e. The number of hydrazone groups is 1. The highest BCUT2D eigenvalue weighted by molar-refractivity contribution is 5.97. The van der Waals surface area contributed by atoms with E-state index >= 15 is 0 Å². The Morgan fingerprint density at radius 2 is 1.53 bits per heavy atom. The van der Waals surface area contributed by atoms with Crippen LogP contribution in [-0.4, -0.2) is 24.1 Å². The molecule has 34 heavy (non-hydrogen) atoms. The number of nitrogens with zero attached hydrogens (tertiary/aromatic N) is 1. The van der Waals surface area contributed by atoms with Crippen LogP contribution in [0.1, 0.15) is 46.5 Å². The number of benzene rings is 3. The number of aryl methyl sites for hydroxylation is 2. The quantitative estimate of drug-likeness (QED) is 0.358. The Labute approximate surface area is 201 Å². The molecule has 2 N–H and O–H groups in total. The maximum absolute atomic E-state index is 12.7. The van der Waals surface area contributed by atoms with Crippen LogP contribution in [0.5, 0.6) is 5.75 Å². The normalized spacial score (nSPS) is 11.9. The first-order chi connectivity index (χ1) is 16.3. The number of carbonyl (C=O) groups excluding carboxylic acids is 2. The minimum atomic E-state index is -0.723. The van der Waals surface area contributed by atoms with Crippen molar-refractivity contribution in [3.05, 3.63) is 101 Å². The lowest BCUT2D eigenvalue weighted by Gasteiger charge is -2.20. The summed E-state index contributed by atoms with van der Waals surface area (Å²) in [6.45, 7) is 8.17. The zero-order valence-electron chi connectivity index (χ0n) is 20.0. The van der Waals surface area contributed by atoms with Crippen LogP contribution in [0.25, 0.3) is 0 Å². The zero-order chi connectivity index (χ0) is 24.5. The minimum Gasteiger partial charge on any atom is -0.488 e. The lowest BCUT2D eigenvalue weighted by Crippen LogP contribution is -2.48. The van der Waals surface area contributed by atoms with Gasteiger partial charge in [-0.05, 0) is 49.6 Å². The molecule has 2 amide bonds. The summed E-state index contributed by atoms with van der Waals surface area (Å²) in [6, 6.07) is 22.1. The Kier molecular flexibility index (Phi) is 8.57. The van der Waals surface area contributed by atoms with Gasteiger partial charge in [0.05, 0.1) is 6.21 Å². The molecule has 0 unspecified atom stereocenters. The van der Waals surface area contributed by atoms with E-state index < -0.39 is 6.04 Å². The van der Waals surface area contributed by atoms with Crippen LogP contribution in [0.4, 0.5) is 0 Å². The van der Waals surface area contributed by atoms with E-state index in [2.05, 4.69) is 15.8 Å². The molecule has 0 aromatic heterocycles. The highest BCUT2D eigenvalue weighted by Gasteiger charge is 2.24. The summed E-state index contributed by atoms with van der Waals surface area (Å²) in [6.07, 6.45) is 1.54. The van der Waals surface area contributed by atoms with Crippen molar-refractivity contribution in [1.82, 2.24) is 10.7 Å². The molecule has 0 bridgehead atoms. The molecule has 6 nitrogen and oxygen atoms in total. The summed E-state index contributed by atoms with van der Waals surface area (Å²) in [5, 5.41) is 6.91. The van der Waals surface area contributed by atoms with Crippen LogP contribution >= 0.6 is 0 Å². The van der Waals surface area contributed by atoms with E-state index in [-0.39, 0.29) is 17.7 Å². The number of ether oxygens (including phenoxy) is 1. The fraction of sp³-hybridized carbons (Fsp3) is 0.250. The van der Waals surface area contributed by atoms with E-state index in [1.54, 1.807) is 18.3 Å². The van der Waals surface area contributed by atoms with Crippen LogP contribution < -0.4 is 15.5 Å². The lowest BCUT2D eigenvalue weighted by atomic mass is 10.0. The third-order valence-electron chi connectivity index (χ3n) is 5.36. The lowest BCUT2D eigenvalue weighted by molar-refractivity contribution is -0.123. The number of nitrogens with one attached hydrogen (secondary N) is 2. The predicted octanol–water partition coefficient (Wildman–Crippen LogP) is 4.79. The zero-order valence-corrected chi connectivity index (χ0v) is 20.0. The molecular weight excluding hydrogens is 426 g/mol. The molecule has 176 valence electrons. The highest BCUT2D eigenvalue weighted by atomic mass is 16.5. The molecule has 3 rings (SSSR count). The van der Waals surface area contributed by atoms with Gasteiger partial charge in [0.2, 0.25) is 0 Å². The average Bonchev–Trinajstić information content (AvgIpc) is 2.83. The third kappa shape index (κ3) is 7.04. The van der Waals surface area contributed by atoms with Crippen molar-refractivity contribution in [2.45, 2.75) is 40.3 Å². The highest BCUT2D eigenvalue weighted by Crippen LogP contribution is 2.18. The van der Waals surface area contributed by atoms with Crippen LogP contribution in [0, 0.1) is 19.8 Å². The van der Waals surface area contributed by atoms with E-state index in [1.165, 1.54) is 5.56 Å². The molecule has 0 radical (unpaired) electrons. The molecule has 0 saturated heterocycles. The Morgan fingerprint density at radius 3 is 2.18 bits per heavy atom. The van der Waals surface area contributed by atoms with Crippen molar-refractivity contribution in [1.29, 1.82) is 0 Å². The number of carbonyl (C=O) groups is 2. The molecule has 0 aliphatic carbocycles. The number of hydrogen-bond donors (Lipinski definition) is 2. The topological polar surface area (TPSA) is 79.8 Å². The van der Waals surface area contributed by atoms with Crippen molar-refractivity contribution < 1.29 is 14.3 Å². The van der Waals surface area contributed by atoms with Gasteiger partial charge in [-0.2, -0.15) is 5.10 Å². The monoisotopic (exact) mass is 457 g/mol. The molecule has 0 heterocycles. The number of hydrogen-bond acceptors (Lipinski definition) is 4. The van der Waals surface area contributed by atoms with Crippen molar-refractivity contribution in [3.63, 3.8) is 0 Å². The van der Waals surface area contributed by atoms with E-state index in [0.717, 1.165) is 16.7 Å². The summed E-state index contributed by atoms with van der Waals surface area (Å²) in [5.74, 6) is -0.138. The van der Waals surface area contributed by atoms with Crippen LogP contribution in [0.15, 0.2) is 77.9 Å². The second kappa shape index (κ2) is 11.8. The van der Waals surface area contributed by atoms with Crippen LogP contribution in [0.3, 0.4) is 0 Å². The van der Waals surface area contributed by atoms with E-state index in [4.69, 9.17) is 4.74 Å². The Bertz CT molecular complexity index is 1140.